The lowest BCUT2D eigenvalue weighted by molar-refractivity contribution is 0.0698. The molecule has 4 heterocycles. The molecule has 4 rings (SSSR count). The summed E-state index contributed by atoms with van der Waals surface area (Å²) < 4.78 is 0. The number of piperidine rings is 2. The molecule has 2 aliphatic rings. The lowest BCUT2D eigenvalue weighted by Crippen LogP contribution is -2.40. The molecule has 2 saturated heterocycles. The second-order valence-corrected chi connectivity index (χ2v) is 7.64. The average Bonchev–Trinajstić information content (AvgIpc) is 3.28. The highest BCUT2D eigenvalue weighted by molar-refractivity contribution is 5.95. The van der Waals surface area contributed by atoms with Crippen LogP contribution in [0.15, 0.2) is 18.5 Å². The molecule has 0 spiro atoms. The van der Waals surface area contributed by atoms with Crippen molar-refractivity contribution in [3.05, 3.63) is 41.2 Å². The number of H-pyrrole nitrogens is 1. The number of nitrogens with zero attached hydrogens (tertiary/aromatic N) is 5. The number of hydrogen-bond acceptors (Lipinski definition) is 5. The van der Waals surface area contributed by atoms with Crippen LogP contribution in [0.1, 0.15) is 70.4 Å². The zero-order valence-corrected chi connectivity index (χ0v) is 16.2. The van der Waals surface area contributed by atoms with Crippen LogP contribution in [0.25, 0.3) is 0 Å². The van der Waals surface area contributed by atoms with Gasteiger partial charge in [-0.1, -0.05) is 0 Å². The van der Waals surface area contributed by atoms with Gasteiger partial charge in [0.25, 0.3) is 11.8 Å². The molecular weight excluding hydrogens is 356 g/mol. The van der Waals surface area contributed by atoms with Crippen LogP contribution in [0, 0.1) is 6.92 Å². The van der Waals surface area contributed by atoms with Crippen molar-refractivity contribution in [1.82, 2.24) is 30.0 Å². The van der Waals surface area contributed by atoms with E-state index in [4.69, 9.17) is 0 Å². The number of carbonyl (C=O) groups is 2. The van der Waals surface area contributed by atoms with Gasteiger partial charge < -0.3 is 9.80 Å². The Bertz CT molecular complexity index is 844. The average molecular weight is 382 g/mol. The lowest BCUT2D eigenvalue weighted by Gasteiger charge is -2.32. The number of aryl methyl sites for hydroxylation is 1. The van der Waals surface area contributed by atoms with E-state index in [2.05, 4.69) is 20.2 Å². The highest BCUT2D eigenvalue weighted by Crippen LogP contribution is 2.26. The van der Waals surface area contributed by atoms with E-state index in [1.165, 1.54) is 6.42 Å². The predicted octanol–water partition coefficient (Wildman–Crippen LogP) is 2.15. The Morgan fingerprint density at radius 3 is 2.57 bits per heavy atom. The van der Waals surface area contributed by atoms with Crippen LogP contribution in [0.3, 0.4) is 0 Å². The first kappa shape index (κ1) is 18.6. The number of aromatic nitrogens is 4. The van der Waals surface area contributed by atoms with Crippen LogP contribution in [-0.4, -0.2) is 68.0 Å². The highest BCUT2D eigenvalue weighted by atomic mass is 16.2. The summed E-state index contributed by atoms with van der Waals surface area (Å²) in [6, 6.07) is 1.69. The molecule has 0 bridgehead atoms. The molecule has 0 saturated carbocycles. The molecule has 0 radical (unpaired) electrons. The summed E-state index contributed by atoms with van der Waals surface area (Å²) in [5.41, 5.74) is 1.81. The Balaban J connectivity index is 1.47. The molecule has 2 aromatic rings. The van der Waals surface area contributed by atoms with Crippen molar-refractivity contribution < 1.29 is 9.59 Å². The summed E-state index contributed by atoms with van der Waals surface area (Å²) >= 11 is 0. The van der Waals surface area contributed by atoms with E-state index in [1.807, 2.05) is 16.7 Å². The summed E-state index contributed by atoms with van der Waals surface area (Å²) in [5, 5.41) is 6.59. The van der Waals surface area contributed by atoms with Gasteiger partial charge >= 0.3 is 0 Å². The van der Waals surface area contributed by atoms with Crippen LogP contribution >= 0.6 is 0 Å². The molecule has 0 aliphatic carbocycles. The third-order valence-corrected chi connectivity index (χ3v) is 5.68. The Kier molecular flexibility index (Phi) is 5.36. The van der Waals surface area contributed by atoms with Gasteiger partial charge in [-0.2, -0.15) is 5.10 Å². The number of aromatic amines is 1. The van der Waals surface area contributed by atoms with Crippen LogP contribution < -0.4 is 0 Å². The molecule has 8 nitrogen and oxygen atoms in total. The van der Waals surface area contributed by atoms with Crippen LogP contribution in [0.5, 0.6) is 0 Å². The van der Waals surface area contributed by atoms with E-state index in [0.29, 0.717) is 17.8 Å². The summed E-state index contributed by atoms with van der Waals surface area (Å²) in [7, 11) is 0. The molecular formula is C20H26N6O2. The molecule has 28 heavy (non-hydrogen) atoms. The van der Waals surface area contributed by atoms with Gasteiger partial charge in [-0.25, -0.2) is 9.97 Å². The number of rotatable bonds is 3. The minimum Gasteiger partial charge on any atom is -0.339 e. The van der Waals surface area contributed by atoms with Gasteiger partial charge in [0.05, 0.1) is 11.3 Å². The van der Waals surface area contributed by atoms with E-state index in [-0.39, 0.29) is 17.7 Å². The maximum absolute atomic E-state index is 12.8. The monoisotopic (exact) mass is 382 g/mol. The quantitative estimate of drug-likeness (QED) is 0.878. The molecule has 0 aromatic carbocycles. The number of carbonyl (C=O) groups excluding carboxylic acids is 2. The molecule has 1 atom stereocenters. The zero-order chi connectivity index (χ0) is 19.5. The minimum atomic E-state index is -0.0455. The maximum Gasteiger partial charge on any atom is 0.271 e. The van der Waals surface area contributed by atoms with Crippen molar-refractivity contribution >= 4 is 11.8 Å². The predicted molar refractivity (Wildman–Crippen MR) is 103 cm³/mol. The molecule has 2 aromatic heterocycles. The summed E-state index contributed by atoms with van der Waals surface area (Å²) in [4.78, 5) is 38.3. The van der Waals surface area contributed by atoms with Crippen LogP contribution in [-0.2, 0) is 0 Å². The molecule has 2 aliphatic heterocycles. The number of hydrogen-bond donors (Lipinski definition) is 1. The molecule has 2 fully saturated rings. The Labute approximate surface area is 164 Å². The SMILES string of the molecule is Cc1nc(C2CCCN(C(=O)c3ccn[nH]3)C2)ncc1C(=O)N1CCCCC1. The van der Waals surface area contributed by atoms with Crippen molar-refractivity contribution in [1.29, 1.82) is 0 Å². The lowest BCUT2D eigenvalue weighted by atomic mass is 9.96. The largest absolute Gasteiger partial charge is 0.339 e. The van der Waals surface area contributed by atoms with Crippen molar-refractivity contribution in [3.8, 4) is 0 Å². The van der Waals surface area contributed by atoms with Crippen molar-refractivity contribution in [2.24, 2.45) is 0 Å². The van der Waals surface area contributed by atoms with Crippen LogP contribution in [0.4, 0.5) is 0 Å². The molecule has 148 valence electrons. The van der Waals surface area contributed by atoms with E-state index < -0.39 is 0 Å². The summed E-state index contributed by atoms with van der Waals surface area (Å²) in [6.07, 6.45) is 8.40. The molecule has 1 N–H and O–H groups in total. The van der Waals surface area contributed by atoms with Gasteiger partial charge in [-0.05, 0) is 45.1 Å². The first-order valence-electron chi connectivity index (χ1n) is 10.0. The van der Waals surface area contributed by atoms with E-state index in [9.17, 15) is 9.59 Å². The second kappa shape index (κ2) is 8.08. The third kappa shape index (κ3) is 3.76. The zero-order valence-electron chi connectivity index (χ0n) is 16.2. The summed E-state index contributed by atoms with van der Waals surface area (Å²) in [5.74, 6) is 0.785. The number of amides is 2. The standard InChI is InChI=1S/C20H26N6O2/c1-14-16(19(27)25-9-3-2-4-10-25)12-21-18(23-14)15-6-5-11-26(13-15)20(28)17-7-8-22-24-17/h7-8,12,15H,2-6,9-11,13H2,1H3,(H,22,24). The highest BCUT2D eigenvalue weighted by Gasteiger charge is 2.29. The second-order valence-electron chi connectivity index (χ2n) is 7.64. The number of likely N-dealkylation sites (tertiary alicyclic amines) is 2. The van der Waals surface area contributed by atoms with E-state index in [0.717, 1.165) is 56.8 Å². The fourth-order valence-corrected chi connectivity index (χ4v) is 4.08. The fraction of sp³-hybridized carbons (Fsp3) is 0.550. The Hall–Kier alpha value is -2.77. The van der Waals surface area contributed by atoms with Crippen molar-refractivity contribution in [2.45, 2.75) is 44.9 Å². The van der Waals surface area contributed by atoms with Gasteiger partial charge in [-0.15, -0.1) is 0 Å². The van der Waals surface area contributed by atoms with Crippen molar-refractivity contribution in [2.75, 3.05) is 26.2 Å². The van der Waals surface area contributed by atoms with E-state index in [1.54, 1.807) is 18.5 Å². The van der Waals surface area contributed by atoms with Gasteiger partial charge in [0.15, 0.2) is 0 Å². The normalized spacial score (nSPS) is 20.2. The fourth-order valence-electron chi connectivity index (χ4n) is 4.08. The van der Waals surface area contributed by atoms with Gasteiger partial charge in [0.2, 0.25) is 0 Å². The van der Waals surface area contributed by atoms with Crippen molar-refractivity contribution in [3.63, 3.8) is 0 Å². The summed E-state index contributed by atoms with van der Waals surface area (Å²) in [6.45, 7) is 4.80. The first-order valence-corrected chi connectivity index (χ1v) is 10.0. The molecule has 8 heteroatoms. The maximum atomic E-state index is 12.8. The van der Waals surface area contributed by atoms with Gasteiger partial charge in [0, 0.05) is 44.5 Å². The molecule has 2 amide bonds. The Morgan fingerprint density at radius 2 is 1.86 bits per heavy atom. The Morgan fingerprint density at radius 1 is 1.07 bits per heavy atom. The minimum absolute atomic E-state index is 0.0310. The van der Waals surface area contributed by atoms with Gasteiger partial charge in [0.1, 0.15) is 11.5 Å². The smallest absolute Gasteiger partial charge is 0.271 e. The van der Waals surface area contributed by atoms with E-state index >= 15 is 0 Å². The van der Waals surface area contributed by atoms with Crippen LogP contribution in [0.2, 0.25) is 0 Å². The first-order chi connectivity index (χ1) is 13.6. The number of nitrogens with one attached hydrogen (secondary N) is 1. The molecule has 1 unspecified atom stereocenters. The third-order valence-electron chi connectivity index (χ3n) is 5.68. The topological polar surface area (TPSA) is 95.1 Å². The van der Waals surface area contributed by atoms with Gasteiger partial charge in [-0.3, -0.25) is 14.7 Å².